The van der Waals surface area contributed by atoms with Crippen molar-refractivity contribution >= 4 is 5.78 Å². The Kier molecular flexibility index (Phi) is 4.50. The predicted molar refractivity (Wildman–Crippen MR) is 109 cm³/mol. The number of hydrogen-bond donors (Lipinski definition) is 2. The first-order valence-electron chi connectivity index (χ1n) is 11.3. The van der Waals surface area contributed by atoms with Gasteiger partial charge in [-0.05, 0) is 62.5 Å². The second-order valence-electron chi connectivity index (χ2n) is 10.7. The van der Waals surface area contributed by atoms with Crippen molar-refractivity contribution in [2.45, 2.75) is 70.1 Å². The summed E-state index contributed by atoms with van der Waals surface area (Å²) in [6, 6.07) is 0. The summed E-state index contributed by atoms with van der Waals surface area (Å²) >= 11 is 0. The molecule has 2 N–H and O–H groups in total. The molecule has 1 heterocycles. The number of ether oxygens (including phenoxy) is 3. The Hall–Kier alpha value is -1.05. The van der Waals surface area contributed by atoms with Crippen LogP contribution in [0.3, 0.4) is 0 Å². The van der Waals surface area contributed by atoms with Gasteiger partial charge in [0.2, 0.25) is 0 Å². The van der Waals surface area contributed by atoms with Crippen molar-refractivity contribution in [3.8, 4) is 0 Å². The Morgan fingerprint density at radius 1 is 1.33 bits per heavy atom. The lowest BCUT2D eigenvalue weighted by Gasteiger charge is -2.56. The van der Waals surface area contributed by atoms with Crippen LogP contribution in [0.15, 0.2) is 23.8 Å². The first-order chi connectivity index (χ1) is 14.1. The number of fused-ring (bicyclic) bond motifs is 3. The fourth-order valence-electron chi connectivity index (χ4n) is 7.79. The summed E-state index contributed by atoms with van der Waals surface area (Å²) in [5.41, 5.74) is -0.685. The highest BCUT2D eigenvalue weighted by atomic mass is 16.6. The van der Waals surface area contributed by atoms with Gasteiger partial charge in [-0.2, -0.15) is 0 Å². The van der Waals surface area contributed by atoms with Crippen molar-refractivity contribution in [2.75, 3.05) is 20.3 Å². The number of aliphatic hydroxyl groups is 2. The Balaban J connectivity index is 1.46. The number of aliphatic hydroxyl groups excluding tert-OH is 1. The van der Waals surface area contributed by atoms with Gasteiger partial charge in [0.1, 0.15) is 5.60 Å². The van der Waals surface area contributed by atoms with Crippen LogP contribution in [0.1, 0.15) is 46.5 Å². The highest BCUT2D eigenvalue weighted by molar-refractivity contribution is 6.01. The van der Waals surface area contributed by atoms with Crippen molar-refractivity contribution in [1.82, 2.24) is 0 Å². The minimum absolute atomic E-state index is 0.0602. The van der Waals surface area contributed by atoms with E-state index in [1.807, 2.05) is 6.08 Å². The van der Waals surface area contributed by atoms with Gasteiger partial charge in [-0.1, -0.05) is 25.5 Å². The monoisotopic (exact) mass is 418 g/mol. The third-order valence-corrected chi connectivity index (χ3v) is 9.54. The van der Waals surface area contributed by atoms with E-state index in [1.54, 1.807) is 6.08 Å². The zero-order valence-electron chi connectivity index (χ0n) is 18.4. The summed E-state index contributed by atoms with van der Waals surface area (Å²) < 4.78 is 17.1. The molecule has 6 heteroatoms. The normalized spacial score (nSPS) is 52.1. The summed E-state index contributed by atoms with van der Waals surface area (Å²) in [5.74, 6) is 0.779. The Labute approximate surface area is 178 Å². The minimum atomic E-state index is -1.04. The van der Waals surface area contributed by atoms with Gasteiger partial charge in [0.15, 0.2) is 12.1 Å². The Morgan fingerprint density at radius 2 is 2.10 bits per heavy atom. The van der Waals surface area contributed by atoms with E-state index in [1.165, 1.54) is 12.7 Å². The number of carbonyl (C=O) groups excluding carboxylic acids is 1. The average molecular weight is 419 g/mol. The van der Waals surface area contributed by atoms with Crippen molar-refractivity contribution in [3.63, 3.8) is 0 Å². The first-order valence-corrected chi connectivity index (χ1v) is 11.3. The van der Waals surface area contributed by atoms with Gasteiger partial charge in [-0.15, -0.1) is 0 Å². The van der Waals surface area contributed by atoms with Crippen LogP contribution in [0.4, 0.5) is 0 Å². The molecule has 1 saturated heterocycles. The number of allylic oxidation sites excluding steroid dienone is 2. The van der Waals surface area contributed by atoms with Crippen molar-refractivity contribution in [2.24, 2.45) is 28.6 Å². The molecule has 5 rings (SSSR count). The molecule has 0 bridgehead atoms. The largest absolute Gasteiger partial charge is 0.387 e. The van der Waals surface area contributed by atoms with Crippen LogP contribution in [0, 0.1) is 28.6 Å². The highest BCUT2D eigenvalue weighted by Crippen LogP contribution is 2.76. The van der Waals surface area contributed by atoms with E-state index in [2.05, 4.69) is 26.8 Å². The van der Waals surface area contributed by atoms with E-state index in [0.717, 1.165) is 25.7 Å². The SMILES string of the molecule is COCC(O)OC[C@@]1(O)[C@H](C)CC2C3CCC4=CC(=O)C=C[C@]4(C)[C@@]34O[C@@H]4C[C@@]21C. The van der Waals surface area contributed by atoms with Gasteiger partial charge >= 0.3 is 0 Å². The quantitative estimate of drug-likeness (QED) is 0.526. The van der Waals surface area contributed by atoms with Gasteiger partial charge in [-0.3, -0.25) is 4.79 Å². The molecule has 3 unspecified atom stereocenters. The summed E-state index contributed by atoms with van der Waals surface area (Å²) in [5, 5.41) is 21.9. The van der Waals surface area contributed by atoms with Crippen LogP contribution in [-0.2, 0) is 19.0 Å². The molecule has 6 nitrogen and oxygen atoms in total. The zero-order valence-corrected chi connectivity index (χ0v) is 18.4. The summed E-state index contributed by atoms with van der Waals surface area (Å²) in [6.07, 6.45) is 8.18. The topological polar surface area (TPSA) is 88.5 Å². The molecule has 0 amide bonds. The van der Waals surface area contributed by atoms with Crippen LogP contribution >= 0.6 is 0 Å². The van der Waals surface area contributed by atoms with Crippen LogP contribution in [0.5, 0.6) is 0 Å². The summed E-state index contributed by atoms with van der Waals surface area (Å²) in [7, 11) is 1.52. The van der Waals surface area contributed by atoms with E-state index in [-0.39, 0.29) is 47.4 Å². The van der Waals surface area contributed by atoms with E-state index < -0.39 is 11.9 Å². The number of carbonyl (C=O) groups is 1. The molecule has 0 aromatic carbocycles. The molecule has 1 aliphatic heterocycles. The molecule has 0 aromatic rings. The van der Waals surface area contributed by atoms with Crippen LogP contribution in [-0.4, -0.2) is 59.9 Å². The maximum Gasteiger partial charge on any atom is 0.178 e. The van der Waals surface area contributed by atoms with Crippen molar-refractivity contribution in [1.29, 1.82) is 0 Å². The van der Waals surface area contributed by atoms with E-state index in [9.17, 15) is 15.0 Å². The number of epoxide rings is 1. The molecule has 9 atom stereocenters. The molecule has 3 saturated carbocycles. The minimum Gasteiger partial charge on any atom is -0.387 e. The van der Waals surface area contributed by atoms with Crippen molar-refractivity contribution in [3.05, 3.63) is 23.8 Å². The van der Waals surface area contributed by atoms with E-state index in [0.29, 0.717) is 11.8 Å². The van der Waals surface area contributed by atoms with Gasteiger partial charge in [0, 0.05) is 17.9 Å². The standard InChI is InChI=1S/C24H34O6/c1-14-9-18-17-6-5-15-10-16(25)7-8-21(15,2)24(17)19(30-24)11-22(18,3)23(14,27)13-29-20(26)12-28-4/h7-8,10,14,17-20,26-27H,5-6,9,11-13H2,1-4H3/t14-,17?,18?,19-,20?,21+,22+,23-,24-/m1/s1. The van der Waals surface area contributed by atoms with Gasteiger partial charge in [0.05, 0.1) is 24.9 Å². The molecule has 0 radical (unpaired) electrons. The number of methoxy groups -OCH3 is 1. The smallest absolute Gasteiger partial charge is 0.178 e. The second-order valence-corrected chi connectivity index (χ2v) is 10.7. The second kappa shape index (κ2) is 6.48. The maximum absolute atomic E-state index is 12.0. The molecule has 30 heavy (non-hydrogen) atoms. The van der Waals surface area contributed by atoms with Crippen LogP contribution in [0.25, 0.3) is 0 Å². The fourth-order valence-corrected chi connectivity index (χ4v) is 7.79. The Morgan fingerprint density at radius 3 is 2.83 bits per heavy atom. The lowest BCUT2D eigenvalue weighted by Crippen LogP contribution is -2.61. The molecule has 5 aliphatic rings. The molecule has 4 fully saturated rings. The fraction of sp³-hybridized carbons (Fsp3) is 0.792. The lowest BCUT2D eigenvalue weighted by atomic mass is 9.47. The lowest BCUT2D eigenvalue weighted by molar-refractivity contribution is -0.208. The Bertz CT molecular complexity index is 821. The third-order valence-electron chi connectivity index (χ3n) is 9.54. The maximum atomic E-state index is 12.0. The molecule has 166 valence electrons. The van der Waals surface area contributed by atoms with Gasteiger partial charge < -0.3 is 24.4 Å². The van der Waals surface area contributed by atoms with E-state index >= 15 is 0 Å². The molecular weight excluding hydrogens is 384 g/mol. The highest BCUT2D eigenvalue weighted by Gasteiger charge is 2.81. The molecule has 0 aromatic heterocycles. The summed E-state index contributed by atoms with van der Waals surface area (Å²) in [4.78, 5) is 12.0. The van der Waals surface area contributed by atoms with Crippen molar-refractivity contribution < 1.29 is 29.2 Å². The average Bonchev–Trinajstić information content (AvgIpc) is 3.37. The summed E-state index contributed by atoms with van der Waals surface area (Å²) in [6.45, 7) is 6.69. The molecule has 1 spiro atoms. The molecular formula is C24H34O6. The van der Waals surface area contributed by atoms with Gasteiger partial charge in [-0.25, -0.2) is 0 Å². The van der Waals surface area contributed by atoms with E-state index in [4.69, 9.17) is 14.2 Å². The number of ketones is 1. The van der Waals surface area contributed by atoms with Crippen LogP contribution < -0.4 is 0 Å². The van der Waals surface area contributed by atoms with Crippen LogP contribution in [0.2, 0.25) is 0 Å². The predicted octanol–water partition coefficient (Wildman–Crippen LogP) is 2.38. The molecule has 4 aliphatic carbocycles. The number of rotatable bonds is 5. The zero-order chi connectivity index (χ0) is 21.5. The number of hydrogen-bond acceptors (Lipinski definition) is 6. The first kappa shape index (κ1) is 20.8. The van der Waals surface area contributed by atoms with Gasteiger partial charge in [0.25, 0.3) is 0 Å². The third kappa shape index (κ3) is 2.40.